The summed E-state index contributed by atoms with van der Waals surface area (Å²) in [6, 6.07) is 8.25. The molecule has 1 amide bonds. The highest BCUT2D eigenvalue weighted by atomic mass is 16.5. The number of aromatic nitrogens is 2. The second kappa shape index (κ2) is 6.49. The molecule has 1 atom stereocenters. The maximum Gasteiger partial charge on any atom is 0.253 e. The van der Waals surface area contributed by atoms with E-state index in [4.69, 9.17) is 14.5 Å². The number of hydrogen-bond acceptors (Lipinski definition) is 4. The van der Waals surface area contributed by atoms with Crippen molar-refractivity contribution < 1.29 is 14.3 Å². The number of amides is 1. The Hall–Kier alpha value is -3.02. The lowest BCUT2D eigenvalue weighted by Crippen LogP contribution is -2.36. The van der Waals surface area contributed by atoms with Crippen LogP contribution in [0.15, 0.2) is 24.3 Å². The first-order chi connectivity index (χ1) is 14.3. The number of carbonyl (C=O) groups excluding carboxylic acids is 1. The van der Waals surface area contributed by atoms with Gasteiger partial charge in [-0.25, -0.2) is 4.98 Å². The van der Waals surface area contributed by atoms with Crippen molar-refractivity contribution in [3.8, 4) is 11.5 Å². The number of nitrogens with zero attached hydrogens (tertiary/aromatic N) is 3. The van der Waals surface area contributed by atoms with Gasteiger partial charge in [0.25, 0.3) is 5.91 Å². The Morgan fingerprint density at radius 1 is 1.23 bits per heavy atom. The third-order valence-corrected chi connectivity index (χ3v) is 6.78. The van der Waals surface area contributed by atoms with E-state index >= 15 is 0 Å². The van der Waals surface area contributed by atoms with Crippen molar-refractivity contribution in [3.63, 3.8) is 0 Å². The van der Waals surface area contributed by atoms with Crippen molar-refractivity contribution in [2.24, 2.45) is 7.05 Å². The SMILES string of the molecule is COc1ccc2c(c1)C1(CC2)CCc2c(C(=O)N(C)C)cc3c(nc(C)n3C)c2O1. The van der Waals surface area contributed by atoms with Crippen LogP contribution in [0, 0.1) is 6.92 Å². The van der Waals surface area contributed by atoms with Crippen molar-refractivity contribution in [2.75, 3.05) is 21.2 Å². The highest BCUT2D eigenvalue weighted by molar-refractivity contribution is 6.01. The van der Waals surface area contributed by atoms with E-state index in [0.717, 1.165) is 59.6 Å². The first-order valence-electron chi connectivity index (χ1n) is 10.4. The summed E-state index contributed by atoms with van der Waals surface area (Å²) in [5.74, 6) is 2.52. The molecule has 156 valence electrons. The summed E-state index contributed by atoms with van der Waals surface area (Å²) in [7, 11) is 7.26. The first kappa shape index (κ1) is 19.0. The van der Waals surface area contributed by atoms with Crippen LogP contribution in [0.2, 0.25) is 0 Å². The van der Waals surface area contributed by atoms with E-state index < -0.39 is 5.60 Å². The second-order valence-electron chi connectivity index (χ2n) is 8.64. The Morgan fingerprint density at radius 3 is 2.73 bits per heavy atom. The lowest BCUT2D eigenvalue weighted by Gasteiger charge is -2.37. The number of hydrogen-bond donors (Lipinski definition) is 0. The molecule has 1 spiro atoms. The van der Waals surface area contributed by atoms with Crippen LogP contribution in [0.4, 0.5) is 0 Å². The molecule has 3 aromatic rings. The largest absolute Gasteiger partial charge is 0.497 e. The predicted molar refractivity (Wildman–Crippen MR) is 115 cm³/mol. The topological polar surface area (TPSA) is 56.6 Å². The molecule has 1 aromatic heterocycles. The number of benzene rings is 2. The highest BCUT2D eigenvalue weighted by Crippen LogP contribution is 2.51. The van der Waals surface area contributed by atoms with Crippen molar-refractivity contribution in [1.82, 2.24) is 14.5 Å². The zero-order valence-corrected chi connectivity index (χ0v) is 18.2. The van der Waals surface area contributed by atoms with Crippen LogP contribution < -0.4 is 9.47 Å². The maximum absolute atomic E-state index is 13.0. The van der Waals surface area contributed by atoms with Crippen molar-refractivity contribution in [3.05, 3.63) is 52.3 Å². The molecule has 0 bridgehead atoms. The first-order valence-corrected chi connectivity index (χ1v) is 10.4. The van der Waals surface area contributed by atoms with Crippen molar-refractivity contribution in [2.45, 2.75) is 38.2 Å². The molecule has 0 radical (unpaired) electrons. The van der Waals surface area contributed by atoms with Gasteiger partial charge in [0.1, 0.15) is 22.7 Å². The minimum Gasteiger partial charge on any atom is -0.497 e. The standard InChI is InChI=1S/C24H27N3O3/c1-14-25-21-20(27(14)4)13-18(23(28)26(2)3)17-9-11-24(30-22(17)21)10-8-15-6-7-16(29-5)12-19(15)24/h6-7,12-13H,8-11H2,1-5H3. The van der Waals surface area contributed by atoms with Gasteiger partial charge in [-0.2, -0.15) is 0 Å². The number of imidazole rings is 1. The Morgan fingerprint density at radius 2 is 2.00 bits per heavy atom. The molecule has 30 heavy (non-hydrogen) atoms. The lowest BCUT2D eigenvalue weighted by atomic mass is 9.84. The summed E-state index contributed by atoms with van der Waals surface area (Å²) >= 11 is 0. The average molecular weight is 405 g/mol. The smallest absolute Gasteiger partial charge is 0.253 e. The third-order valence-electron chi connectivity index (χ3n) is 6.78. The second-order valence-corrected chi connectivity index (χ2v) is 8.64. The number of carbonyl (C=O) groups is 1. The quantitative estimate of drug-likeness (QED) is 0.651. The van der Waals surface area contributed by atoms with Gasteiger partial charge in [0.15, 0.2) is 5.75 Å². The van der Waals surface area contributed by atoms with E-state index in [1.54, 1.807) is 26.1 Å². The van der Waals surface area contributed by atoms with E-state index in [1.807, 2.05) is 30.7 Å². The van der Waals surface area contributed by atoms with E-state index in [-0.39, 0.29) is 5.91 Å². The molecule has 1 unspecified atom stereocenters. The number of fused-ring (bicyclic) bond motifs is 5. The number of aryl methyl sites for hydroxylation is 3. The molecule has 6 heteroatoms. The molecule has 6 nitrogen and oxygen atoms in total. The molecule has 0 N–H and O–H groups in total. The Bertz CT molecular complexity index is 1190. The summed E-state index contributed by atoms with van der Waals surface area (Å²) in [6.07, 6.45) is 3.53. The number of rotatable bonds is 2. The summed E-state index contributed by atoms with van der Waals surface area (Å²) < 4.78 is 14.4. The molecule has 5 rings (SSSR count). The van der Waals surface area contributed by atoms with Gasteiger partial charge in [0.05, 0.1) is 12.6 Å². The molecule has 0 saturated carbocycles. The van der Waals surface area contributed by atoms with Crippen LogP contribution >= 0.6 is 0 Å². The number of methoxy groups -OCH3 is 1. The Kier molecular flexibility index (Phi) is 4.10. The van der Waals surface area contributed by atoms with Gasteiger partial charge >= 0.3 is 0 Å². The fourth-order valence-electron chi connectivity index (χ4n) is 4.97. The normalized spacial score (nSPS) is 19.5. The maximum atomic E-state index is 13.0. The molecule has 0 saturated heterocycles. The van der Waals surface area contributed by atoms with Gasteiger partial charge in [0, 0.05) is 37.8 Å². The summed E-state index contributed by atoms with van der Waals surface area (Å²) in [6.45, 7) is 1.98. The molecule has 2 aromatic carbocycles. The minimum atomic E-state index is -0.394. The van der Waals surface area contributed by atoms with Crippen LogP contribution in [0.1, 0.15) is 45.7 Å². The minimum absolute atomic E-state index is 0.0000411. The van der Waals surface area contributed by atoms with Gasteiger partial charge in [0.2, 0.25) is 0 Å². The van der Waals surface area contributed by atoms with Crippen LogP contribution in [-0.4, -0.2) is 41.6 Å². The zero-order chi connectivity index (χ0) is 21.2. The van der Waals surface area contributed by atoms with E-state index in [0.29, 0.717) is 5.56 Å². The van der Waals surface area contributed by atoms with Crippen molar-refractivity contribution >= 4 is 16.9 Å². The van der Waals surface area contributed by atoms with Crippen LogP contribution in [0.3, 0.4) is 0 Å². The van der Waals surface area contributed by atoms with E-state index in [2.05, 4.69) is 12.1 Å². The lowest BCUT2D eigenvalue weighted by molar-refractivity contribution is 0.0455. The van der Waals surface area contributed by atoms with Gasteiger partial charge in [-0.3, -0.25) is 4.79 Å². The molecular weight excluding hydrogens is 378 g/mol. The molecular formula is C24H27N3O3. The Balaban J connectivity index is 1.72. The fraction of sp³-hybridized carbons (Fsp3) is 0.417. The third kappa shape index (κ3) is 2.56. The molecule has 0 fully saturated rings. The van der Waals surface area contributed by atoms with Crippen LogP contribution in [-0.2, 0) is 25.5 Å². The predicted octanol–water partition coefficient (Wildman–Crippen LogP) is 3.76. The Labute approximate surface area is 176 Å². The average Bonchev–Trinajstić information content (AvgIpc) is 3.24. The fourth-order valence-corrected chi connectivity index (χ4v) is 4.97. The molecule has 1 aliphatic carbocycles. The monoisotopic (exact) mass is 405 g/mol. The van der Waals surface area contributed by atoms with Gasteiger partial charge in [-0.1, -0.05) is 6.07 Å². The molecule has 2 heterocycles. The van der Waals surface area contributed by atoms with E-state index in [1.165, 1.54) is 11.1 Å². The van der Waals surface area contributed by atoms with E-state index in [9.17, 15) is 4.79 Å². The van der Waals surface area contributed by atoms with Crippen molar-refractivity contribution in [1.29, 1.82) is 0 Å². The van der Waals surface area contributed by atoms with Crippen LogP contribution in [0.25, 0.3) is 11.0 Å². The summed E-state index contributed by atoms with van der Waals surface area (Å²) in [5.41, 5.74) is 5.58. The van der Waals surface area contributed by atoms with Crippen LogP contribution in [0.5, 0.6) is 11.5 Å². The zero-order valence-electron chi connectivity index (χ0n) is 18.2. The summed E-state index contributed by atoms with van der Waals surface area (Å²) in [5, 5.41) is 0. The van der Waals surface area contributed by atoms with Gasteiger partial charge in [-0.15, -0.1) is 0 Å². The van der Waals surface area contributed by atoms with Gasteiger partial charge in [-0.05, 0) is 56.4 Å². The summed E-state index contributed by atoms with van der Waals surface area (Å²) in [4.78, 5) is 19.4. The highest BCUT2D eigenvalue weighted by Gasteiger charge is 2.45. The molecule has 1 aliphatic heterocycles. The number of ether oxygens (including phenoxy) is 2. The van der Waals surface area contributed by atoms with Gasteiger partial charge < -0.3 is 18.9 Å². The molecule has 2 aliphatic rings.